The number of amides is 5. The monoisotopic (exact) mass is 1000 g/mol. The number of hydrogen-bond acceptors (Lipinski definition) is 14. The Morgan fingerprint density at radius 2 is 1.58 bits per heavy atom. The lowest BCUT2D eigenvalue weighted by Gasteiger charge is -2.38. The van der Waals surface area contributed by atoms with Gasteiger partial charge in [0.15, 0.2) is 0 Å². The molecule has 5 amide bonds. The zero-order chi connectivity index (χ0) is 51.2. The van der Waals surface area contributed by atoms with Crippen LogP contribution >= 0.6 is 12.4 Å². The number of halogens is 1. The highest BCUT2D eigenvalue weighted by Gasteiger charge is 2.47. The number of hydrogen-bond donors (Lipinski definition) is 5. The normalized spacial score (nSPS) is 15.7. The SMILES string of the molecule is CC[C@H](C)[C@H](NC(=O)[C@H](Cc1ccc(OCc2ccccc2)cc1)NC(=O)[C@@H](N)C(C)C)C(=O)N(c1cccc([N+](=O)[O-])c1[N+](=O)[O-])[C@@H](Cc1c[nH]cn1)C(=O)N1CCC[C@H]1C(=O)N[C@@H](C)C(=O)OC.Cl. The van der Waals surface area contributed by atoms with Crippen LogP contribution in [0.3, 0.4) is 0 Å². The van der Waals surface area contributed by atoms with Gasteiger partial charge < -0.3 is 41.0 Å². The number of ether oxygens (including phenoxy) is 2. The molecule has 2 heterocycles. The Kier molecular flexibility index (Phi) is 20.5. The van der Waals surface area contributed by atoms with E-state index >= 15 is 9.59 Å². The molecule has 22 nitrogen and oxygen atoms in total. The minimum Gasteiger partial charge on any atom is -0.489 e. The molecule has 1 saturated heterocycles. The van der Waals surface area contributed by atoms with Gasteiger partial charge in [-0.3, -0.25) is 49.1 Å². The second kappa shape index (κ2) is 25.9. The second-order valence-corrected chi connectivity index (χ2v) is 17.4. The number of para-hydroxylation sites is 1. The molecule has 1 fully saturated rings. The van der Waals surface area contributed by atoms with E-state index in [1.165, 1.54) is 24.3 Å². The van der Waals surface area contributed by atoms with Crippen LogP contribution in [-0.2, 0) is 53.0 Å². The molecular formula is C48H61ClN10O12. The summed E-state index contributed by atoms with van der Waals surface area (Å²) in [7, 11) is 1.14. The molecule has 3 aromatic carbocycles. The largest absolute Gasteiger partial charge is 0.489 e. The predicted octanol–water partition coefficient (Wildman–Crippen LogP) is 4.08. The number of nitrogens with one attached hydrogen (secondary N) is 4. The average Bonchev–Trinajstić information content (AvgIpc) is 4.07. The van der Waals surface area contributed by atoms with E-state index in [-0.39, 0.29) is 49.8 Å². The van der Waals surface area contributed by atoms with Gasteiger partial charge >= 0.3 is 17.3 Å². The molecule has 0 spiro atoms. The van der Waals surface area contributed by atoms with Crippen LogP contribution in [0.25, 0.3) is 0 Å². The fourth-order valence-electron chi connectivity index (χ4n) is 7.98. The molecule has 0 radical (unpaired) electrons. The van der Waals surface area contributed by atoms with Gasteiger partial charge in [0, 0.05) is 31.6 Å². The number of likely N-dealkylation sites (tertiary alicyclic amines) is 1. The highest BCUT2D eigenvalue weighted by atomic mass is 35.5. The summed E-state index contributed by atoms with van der Waals surface area (Å²) in [6, 6.07) is 11.4. The van der Waals surface area contributed by atoms with E-state index in [4.69, 9.17) is 15.2 Å². The number of rotatable bonds is 23. The van der Waals surface area contributed by atoms with Crippen molar-refractivity contribution in [1.82, 2.24) is 30.8 Å². The predicted molar refractivity (Wildman–Crippen MR) is 262 cm³/mol. The number of methoxy groups -OCH3 is 1. The van der Waals surface area contributed by atoms with E-state index in [1.54, 1.807) is 52.0 Å². The number of carbonyl (C=O) groups excluding carboxylic acids is 6. The number of aromatic nitrogens is 2. The molecule has 1 aliphatic rings. The Bertz CT molecular complexity index is 2500. The third kappa shape index (κ3) is 14.3. The van der Waals surface area contributed by atoms with Crippen LogP contribution in [0.5, 0.6) is 5.75 Å². The molecule has 0 aliphatic carbocycles. The topological polar surface area (TPSA) is 304 Å². The average molecular weight is 1010 g/mol. The van der Waals surface area contributed by atoms with Crippen LogP contribution in [-0.4, -0.2) is 110 Å². The lowest BCUT2D eigenvalue weighted by atomic mass is 9.94. The Morgan fingerprint density at radius 1 is 0.887 bits per heavy atom. The van der Waals surface area contributed by atoms with E-state index in [0.29, 0.717) is 24.3 Å². The van der Waals surface area contributed by atoms with Gasteiger partial charge in [-0.2, -0.15) is 0 Å². The summed E-state index contributed by atoms with van der Waals surface area (Å²) in [5.41, 5.74) is 5.18. The summed E-state index contributed by atoms with van der Waals surface area (Å²) in [6.45, 7) is 8.46. The summed E-state index contributed by atoms with van der Waals surface area (Å²) in [4.78, 5) is 117. The van der Waals surface area contributed by atoms with Gasteiger partial charge in [-0.1, -0.05) is 82.6 Å². The Balaban J connectivity index is 0.0000110. The van der Waals surface area contributed by atoms with Crippen LogP contribution in [0.15, 0.2) is 85.3 Å². The van der Waals surface area contributed by atoms with Crippen molar-refractivity contribution in [3.63, 3.8) is 0 Å². The maximum atomic E-state index is 15.7. The molecule has 0 bridgehead atoms. The van der Waals surface area contributed by atoms with E-state index < -0.39 is 111 Å². The van der Waals surface area contributed by atoms with E-state index in [0.717, 1.165) is 35.8 Å². The molecule has 1 aromatic heterocycles. The number of nitrogens with two attached hydrogens (primary N) is 1. The van der Waals surface area contributed by atoms with E-state index in [2.05, 4.69) is 25.9 Å². The summed E-state index contributed by atoms with van der Waals surface area (Å²) in [5, 5.41) is 33.3. The van der Waals surface area contributed by atoms with Crippen molar-refractivity contribution in [2.24, 2.45) is 17.6 Å². The van der Waals surface area contributed by atoms with Crippen molar-refractivity contribution in [3.05, 3.63) is 122 Å². The van der Waals surface area contributed by atoms with Gasteiger partial charge in [0.2, 0.25) is 23.6 Å². The van der Waals surface area contributed by atoms with Crippen molar-refractivity contribution in [2.75, 3.05) is 18.6 Å². The number of nitro benzene ring substituents is 2. The minimum atomic E-state index is -1.78. The van der Waals surface area contributed by atoms with Crippen molar-refractivity contribution >= 4 is 65.0 Å². The highest BCUT2D eigenvalue weighted by molar-refractivity contribution is 6.07. The van der Waals surface area contributed by atoms with Crippen LogP contribution in [0.1, 0.15) is 70.7 Å². The molecule has 1 aliphatic heterocycles. The summed E-state index contributed by atoms with van der Waals surface area (Å²) in [5.74, 6) is -5.53. The molecule has 382 valence electrons. The van der Waals surface area contributed by atoms with Crippen molar-refractivity contribution in [1.29, 1.82) is 0 Å². The summed E-state index contributed by atoms with van der Waals surface area (Å²) < 4.78 is 10.7. The van der Waals surface area contributed by atoms with Gasteiger partial charge in [0.25, 0.3) is 5.91 Å². The molecule has 6 N–H and O–H groups in total. The van der Waals surface area contributed by atoms with Crippen LogP contribution in [0.4, 0.5) is 17.1 Å². The number of esters is 1. The maximum absolute atomic E-state index is 15.7. The first kappa shape index (κ1) is 56.1. The van der Waals surface area contributed by atoms with E-state index in [9.17, 15) is 39.4 Å². The van der Waals surface area contributed by atoms with Crippen molar-refractivity contribution in [3.8, 4) is 5.75 Å². The number of nitrogens with zero attached hydrogens (tertiary/aromatic N) is 5. The van der Waals surface area contributed by atoms with Crippen molar-refractivity contribution in [2.45, 2.75) is 110 Å². The van der Waals surface area contributed by atoms with E-state index in [1.807, 2.05) is 30.3 Å². The molecule has 0 saturated carbocycles. The quantitative estimate of drug-likeness (QED) is 0.0398. The fourth-order valence-corrected chi connectivity index (χ4v) is 7.98. The highest BCUT2D eigenvalue weighted by Crippen LogP contribution is 2.39. The molecule has 7 atom stereocenters. The van der Waals surface area contributed by atoms with Gasteiger partial charge in [0.05, 0.1) is 35.0 Å². The molecule has 4 aromatic rings. The number of carbonyl (C=O) groups is 6. The molecular weight excluding hydrogens is 944 g/mol. The molecule has 0 unspecified atom stereocenters. The number of imidazole rings is 1. The number of benzene rings is 3. The molecule has 5 rings (SSSR count). The smallest absolute Gasteiger partial charge is 0.369 e. The Labute approximate surface area is 416 Å². The number of anilines is 1. The zero-order valence-electron chi connectivity index (χ0n) is 40.3. The zero-order valence-corrected chi connectivity index (χ0v) is 41.1. The third-order valence-electron chi connectivity index (χ3n) is 12.2. The lowest BCUT2D eigenvalue weighted by Crippen LogP contribution is -2.62. The number of H-pyrrole nitrogens is 1. The van der Waals surface area contributed by atoms with Crippen LogP contribution in [0.2, 0.25) is 0 Å². The minimum absolute atomic E-state index is 0. The van der Waals surface area contributed by atoms with Gasteiger partial charge in [-0.05, 0) is 60.9 Å². The summed E-state index contributed by atoms with van der Waals surface area (Å²) >= 11 is 0. The maximum Gasteiger partial charge on any atom is 0.369 e. The van der Waals surface area contributed by atoms with Gasteiger partial charge in [0.1, 0.15) is 48.3 Å². The number of nitro groups is 2. The van der Waals surface area contributed by atoms with Crippen molar-refractivity contribution < 1.29 is 48.1 Å². The fraction of sp³-hybridized carbons (Fsp3) is 0.438. The van der Waals surface area contributed by atoms with Gasteiger partial charge in [-0.15, -0.1) is 12.4 Å². The molecule has 23 heteroatoms. The summed E-state index contributed by atoms with van der Waals surface area (Å²) in [6.07, 6.45) is 2.83. The Hall–Kier alpha value is -7.46. The first-order valence-electron chi connectivity index (χ1n) is 22.9. The first-order chi connectivity index (χ1) is 33.4. The number of aromatic amines is 1. The standard InChI is InChI=1S/C48H60N10O12.ClH/c1-7-29(4)41(54-43(59)35(53-45(61)40(49)28(2)3)23-31-18-20-34(21-19-31)70-26-32-13-9-8-10-14-32)47(63)56(36-15-11-16-37(57(65)66)42(36)58(67)68)39(24-33-25-50-27-51-33)46(62)55-22-12-17-38(55)44(60)52-30(5)48(64)69-6;/h8-11,13-16,18-21,25,27-30,35,38-41H,7,12,17,22-24,26,49H2,1-6H3,(H,50,51)(H,52,60)(H,53,61)(H,54,59);1H/t29-,30-,35-,38-,39-,40-,41-;/m0./s1. The second-order valence-electron chi connectivity index (χ2n) is 17.4. The van der Waals surface area contributed by atoms with Gasteiger partial charge in [-0.25, -0.2) is 9.78 Å². The third-order valence-corrected chi connectivity index (χ3v) is 12.2. The van der Waals surface area contributed by atoms with Crippen LogP contribution in [0, 0.1) is 32.1 Å². The first-order valence-corrected chi connectivity index (χ1v) is 22.9. The van der Waals surface area contributed by atoms with Crippen LogP contribution < -0.4 is 31.3 Å². The Morgan fingerprint density at radius 3 is 2.17 bits per heavy atom. The lowest BCUT2D eigenvalue weighted by molar-refractivity contribution is -0.422. The molecule has 71 heavy (non-hydrogen) atoms.